The van der Waals surface area contributed by atoms with Crippen molar-refractivity contribution < 1.29 is 14.6 Å². The first-order chi connectivity index (χ1) is 9.65. The molecule has 1 amide bonds. The highest BCUT2D eigenvalue weighted by Crippen LogP contribution is 2.23. The van der Waals surface area contributed by atoms with Crippen LogP contribution < -0.4 is 15.8 Å². The number of nitrogens with zero attached hydrogens (tertiary/aromatic N) is 1. The minimum absolute atomic E-state index is 0.175. The van der Waals surface area contributed by atoms with Crippen LogP contribution in [-0.2, 0) is 6.61 Å². The molecule has 20 heavy (non-hydrogen) atoms. The lowest BCUT2D eigenvalue weighted by atomic mass is 10.2. The van der Waals surface area contributed by atoms with E-state index in [0.29, 0.717) is 23.6 Å². The van der Waals surface area contributed by atoms with Crippen molar-refractivity contribution in [3.8, 4) is 5.75 Å². The van der Waals surface area contributed by atoms with Gasteiger partial charge in [0.25, 0.3) is 5.91 Å². The fourth-order valence-electron chi connectivity index (χ4n) is 1.75. The Balaban J connectivity index is 2.18. The van der Waals surface area contributed by atoms with Gasteiger partial charge in [0.05, 0.1) is 25.1 Å². The van der Waals surface area contributed by atoms with Gasteiger partial charge < -0.3 is 20.9 Å². The van der Waals surface area contributed by atoms with Crippen LogP contribution in [0.2, 0.25) is 0 Å². The van der Waals surface area contributed by atoms with E-state index in [-0.39, 0.29) is 18.0 Å². The number of amides is 1. The summed E-state index contributed by atoms with van der Waals surface area (Å²) in [6.07, 6.45) is 1.37. The minimum atomic E-state index is -0.395. The van der Waals surface area contributed by atoms with E-state index in [4.69, 9.17) is 10.5 Å². The monoisotopic (exact) mass is 276 g/mol. The number of aromatic amines is 1. The van der Waals surface area contributed by atoms with Gasteiger partial charge in [-0.25, -0.2) is 0 Å². The molecule has 5 N–H and O–H groups in total. The summed E-state index contributed by atoms with van der Waals surface area (Å²) in [5, 5.41) is 18.2. The Hall–Kier alpha value is -2.54. The molecule has 0 saturated heterocycles. The highest BCUT2D eigenvalue weighted by Gasteiger charge is 2.13. The lowest BCUT2D eigenvalue weighted by Gasteiger charge is -2.11. The minimum Gasteiger partial charge on any atom is -0.494 e. The third kappa shape index (κ3) is 2.89. The number of aromatic nitrogens is 2. The number of nitrogens with two attached hydrogens (primary N) is 1. The van der Waals surface area contributed by atoms with Crippen LogP contribution in [0.5, 0.6) is 5.75 Å². The van der Waals surface area contributed by atoms with Gasteiger partial charge in [-0.2, -0.15) is 5.10 Å². The smallest absolute Gasteiger partial charge is 0.275 e. The molecule has 0 atom stereocenters. The summed E-state index contributed by atoms with van der Waals surface area (Å²) in [4.78, 5) is 12.0. The van der Waals surface area contributed by atoms with Gasteiger partial charge in [-0.05, 0) is 25.1 Å². The number of hydrogen-bond acceptors (Lipinski definition) is 5. The Morgan fingerprint density at radius 3 is 2.95 bits per heavy atom. The zero-order valence-electron chi connectivity index (χ0n) is 11.0. The van der Waals surface area contributed by atoms with E-state index in [1.54, 1.807) is 18.2 Å². The number of aliphatic hydroxyl groups excluding tert-OH is 1. The number of benzene rings is 1. The van der Waals surface area contributed by atoms with Gasteiger partial charge in [0.2, 0.25) is 0 Å². The van der Waals surface area contributed by atoms with Crippen LogP contribution in [0.3, 0.4) is 0 Å². The fourth-order valence-corrected chi connectivity index (χ4v) is 1.75. The van der Waals surface area contributed by atoms with E-state index in [9.17, 15) is 9.90 Å². The molecule has 2 aromatic rings. The van der Waals surface area contributed by atoms with Crippen LogP contribution in [-0.4, -0.2) is 27.8 Å². The van der Waals surface area contributed by atoms with Crippen LogP contribution in [0.1, 0.15) is 23.0 Å². The average molecular weight is 276 g/mol. The van der Waals surface area contributed by atoms with E-state index >= 15 is 0 Å². The number of anilines is 2. The van der Waals surface area contributed by atoms with Gasteiger partial charge in [-0.15, -0.1) is 0 Å². The molecule has 1 heterocycles. The van der Waals surface area contributed by atoms with Gasteiger partial charge >= 0.3 is 0 Å². The van der Waals surface area contributed by atoms with Crippen LogP contribution in [0, 0.1) is 0 Å². The second-order valence-corrected chi connectivity index (χ2v) is 4.07. The number of rotatable bonds is 5. The van der Waals surface area contributed by atoms with Crippen molar-refractivity contribution in [3.63, 3.8) is 0 Å². The first-order valence-corrected chi connectivity index (χ1v) is 6.12. The summed E-state index contributed by atoms with van der Waals surface area (Å²) in [6.45, 7) is 2.19. The van der Waals surface area contributed by atoms with Crippen molar-refractivity contribution >= 4 is 17.3 Å². The molecule has 0 aliphatic rings. The molecule has 1 aromatic carbocycles. The first-order valence-electron chi connectivity index (χ1n) is 6.12. The van der Waals surface area contributed by atoms with Gasteiger partial charge in [0, 0.05) is 11.3 Å². The average Bonchev–Trinajstić information content (AvgIpc) is 2.87. The van der Waals surface area contributed by atoms with Crippen LogP contribution in [0.25, 0.3) is 0 Å². The van der Waals surface area contributed by atoms with Crippen molar-refractivity contribution in [1.29, 1.82) is 0 Å². The Kier molecular flexibility index (Phi) is 4.21. The zero-order chi connectivity index (χ0) is 14.5. The van der Waals surface area contributed by atoms with Crippen molar-refractivity contribution in [1.82, 2.24) is 10.2 Å². The number of aliphatic hydroxyl groups is 1. The molecule has 7 nitrogen and oxygen atoms in total. The van der Waals surface area contributed by atoms with E-state index < -0.39 is 5.91 Å². The molecule has 0 fully saturated rings. The van der Waals surface area contributed by atoms with E-state index in [0.717, 1.165) is 0 Å². The number of nitrogen functional groups attached to an aromatic ring is 1. The van der Waals surface area contributed by atoms with Gasteiger partial charge in [-0.1, -0.05) is 0 Å². The predicted molar refractivity (Wildman–Crippen MR) is 74.5 cm³/mol. The summed E-state index contributed by atoms with van der Waals surface area (Å²) >= 11 is 0. The van der Waals surface area contributed by atoms with Crippen molar-refractivity contribution in [2.24, 2.45) is 0 Å². The molecule has 0 spiro atoms. The van der Waals surface area contributed by atoms with Crippen molar-refractivity contribution in [2.75, 3.05) is 17.7 Å². The highest BCUT2D eigenvalue weighted by atomic mass is 16.5. The van der Waals surface area contributed by atoms with Crippen LogP contribution in [0.4, 0.5) is 11.4 Å². The molecule has 0 bridgehead atoms. The fraction of sp³-hybridized carbons (Fsp3) is 0.231. The third-order valence-corrected chi connectivity index (χ3v) is 2.68. The number of carbonyl (C=O) groups excluding carboxylic acids is 1. The maximum Gasteiger partial charge on any atom is 0.275 e. The number of H-pyrrole nitrogens is 1. The van der Waals surface area contributed by atoms with Gasteiger partial charge in [-0.3, -0.25) is 9.89 Å². The lowest BCUT2D eigenvalue weighted by Crippen LogP contribution is -2.14. The SMILES string of the molecule is CCOc1ccc(NC(=O)c2[nH]ncc2N)cc1CO. The second kappa shape index (κ2) is 6.07. The highest BCUT2D eigenvalue weighted by molar-refractivity contribution is 6.06. The molecule has 0 aliphatic carbocycles. The van der Waals surface area contributed by atoms with E-state index in [1.165, 1.54) is 6.20 Å². The van der Waals surface area contributed by atoms with Crippen LogP contribution in [0.15, 0.2) is 24.4 Å². The molecule has 0 unspecified atom stereocenters. The maximum atomic E-state index is 12.0. The Labute approximate surface area is 115 Å². The summed E-state index contributed by atoms with van der Waals surface area (Å²) in [5.74, 6) is 0.196. The summed E-state index contributed by atoms with van der Waals surface area (Å²) in [5.41, 5.74) is 7.21. The summed E-state index contributed by atoms with van der Waals surface area (Å²) in [7, 11) is 0. The number of ether oxygens (including phenoxy) is 1. The summed E-state index contributed by atoms with van der Waals surface area (Å²) < 4.78 is 5.37. The quantitative estimate of drug-likeness (QED) is 0.654. The summed E-state index contributed by atoms with van der Waals surface area (Å²) in [6, 6.07) is 5.03. The predicted octanol–water partition coefficient (Wildman–Crippen LogP) is 1.14. The number of hydrogen-bond donors (Lipinski definition) is 4. The lowest BCUT2D eigenvalue weighted by molar-refractivity contribution is 0.102. The zero-order valence-corrected chi connectivity index (χ0v) is 11.0. The van der Waals surface area contributed by atoms with E-state index in [2.05, 4.69) is 15.5 Å². The Morgan fingerprint density at radius 1 is 1.55 bits per heavy atom. The third-order valence-electron chi connectivity index (χ3n) is 2.68. The molecule has 0 aliphatic heterocycles. The van der Waals surface area contributed by atoms with Crippen LogP contribution >= 0.6 is 0 Å². The molecule has 0 radical (unpaired) electrons. The van der Waals surface area contributed by atoms with Gasteiger partial charge in [0.1, 0.15) is 11.4 Å². The molecular weight excluding hydrogens is 260 g/mol. The molecule has 106 valence electrons. The maximum absolute atomic E-state index is 12.0. The normalized spacial score (nSPS) is 10.3. The topological polar surface area (TPSA) is 113 Å². The Bertz CT molecular complexity index is 609. The van der Waals surface area contributed by atoms with E-state index in [1.807, 2.05) is 6.92 Å². The molecule has 2 rings (SSSR count). The Morgan fingerprint density at radius 2 is 2.35 bits per heavy atom. The first kappa shape index (κ1) is 13.9. The molecule has 0 saturated carbocycles. The number of nitrogens with one attached hydrogen (secondary N) is 2. The largest absolute Gasteiger partial charge is 0.494 e. The standard InChI is InChI=1S/C13H16N4O3/c1-2-20-11-4-3-9(5-8(11)7-18)16-13(19)12-10(14)6-15-17-12/h3-6,18H,2,7,14H2,1H3,(H,15,17)(H,16,19). The molecular formula is C13H16N4O3. The number of carbonyl (C=O) groups is 1. The molecule has 7 heteroatoms. The van der Waals surface area contributed by atoms with Crippen molar-refractivity contribution in [3.05, 3.63) is 35.7 Å². The van der Waals surface area contributed by atoms with Gasteiger partial charge in [0.15, 0.2) is 0 Å². The van der Waals surface area contributed by atoms with Crippen molar-refractivity contribution in [2.45, 2.75) is 13.5 Å². The second-order valence-electron chi connectivity index (χ2n) is 4.07. The molecule has 1 aromatic heterocycles.